The first kappa shape index (κ1) is 14.9. The van der Waals surface area contributed by atoms with Gasteiger partial charge in [0.1, 0.15) is 0 Å². The molecule has 0 saturated heterocycles. The molecule has 0 spiro atoms. The van der Waals surface area contributed by atoms with Crippen LogP contribution in [0, 0.1) is 0 Å². The number of hydrogen-bond donors (Lipinski definition) is 1. The third-order valence-corrected chi connectivity index (χ3v) is 3.29. The predicted octanol–water partition coefficient (Wildman–Crippen LogP) is 2.97. The molecule has 0 unspecified atom stereocenters. The number of rotatable bonds is 7. The van der Waals surface area contributed by atoms with Crippen LogP contribution < -0.4 is 10.1 Å². The molecule has 0 bridgehead atoms. The molecule has 0 fully saturated rings. The van der Waals surface area contributed by atoms with Crippen LogP contribution in [0.15, 0.2) is 41.3 Å². The minimum Gasteiger partial charge on any atom is -0.477 e. The highest BCUT2D eigenvalue weighted by Gasteiger charge is 2.05. The summed E-state index contributed by atoms with van der Waals surface area (Å²) in [7, 11) is 1.91. The third kappa shape index (κ3) is 4.58. The van der Waals surface area contributed by atoms with Gasteiger partial charge in [-0.05, 0) is 59.6 Å². The zero-order valence-corrected chi connectivity index (χ0v) is 13.1. The topological polar surface area (TPSA) is 47.0 Å². The first-order valence-corrected chi connectivity index (χ1v) is 7.39. The van der Waals surface area contributed by atoms with Crippen LogP contribution in [0.1, 0.15) is 17.5 Å². The van der Waals surface area contributed by atoms with Crippen molar-refractivity contribution in [3.63, 3.8) is 0 Å². The average molecular weight is 336 g/mol. The summed E-state index contributed by atoms with van der Waals surface area (Å²) in [6.07, 6.45) is 7.34. The summed E-state index contributed by atoms with van der Waals surface area (Å²) in [6.45, 7) is 1.40. The van der Waals surface area contributed by atoms with Gasteiger partial charge in [-0.2, -0.15) is 0 Å². The van der Waals surface area contributed by atoms with Crippen LogP contribution >= 0.6 is 15.9 Å². The van der Waals surface area contributed by atoms with Gasteiger partial charge in [0.2, 0.25) is 5.88 Å². The number of pyridine rings is 2. The highest BCUT2D eigenvalue weighted by Crippen LogP contribution is 2.20. The van der Waals surface area contributed by atoms with Crippen LogP contribution in [0.5, 0.6) is 5.88 Å². The third-order valence-electron chi connectivity index (χ3n) is 2.86. The number of nitrogens with zero attached hydrogens (tertiary/aromatic N) is 2. The zero-order chi connectivity index (χ0) is 14.2. The Hall–Kier alpha value is -1.46. The Kier molecular flexibility index (Phi) is 5.95. The quantitative estimate of drug-likeness (QED) is 0.790. The first-order valence-electron chi connectivity index (χ1n) is 6.60. The van der Waals surface area contributed by atoms with Gasteiger partial charge in [0.05, 0.1) is 6.61 Å². The number of hydrogen-bond acceptors (Lipinski definition) is 4. The summed E-state index contributed by atoms with van der Waals surface area (Å²) in [5.74, 6) is 0.706. The Morgan fingerprint density at radius 1 is 1.30 bits per heavy atom. The standard InChI is InChI=1S/C15H18BrN3O/c1-17-10-13-9-14(16)11-19-15(13)20-8-2-3-12-4-6-18-7-5-12/h4-7,9,11,17H,2-3,8,10H2,1H3. The molecule has 0 aliphatic rings. The molecule has 0 aliphatic heterocycles. The molecule has 0 atom stereocenters. The summed E-state index contributed by atoms with van der Waals surface area (Å²) >= 11 is 3.43. The Bertz CT molecular complexity index is 534. The van der Waals surface area contributed by atoms with E-state index in [9.17, 15) is 0 Å². The molecule has 20 heavy (non-hydrogen) atoms. The lowest BCUT2D eigenvalue weighted by Gasteiger charge is -2.10. The van der Waals surface area contributed by atoms with E-state index in [1.165, 1.54) is 5.56 Å². The van der Waals surface area contributed by atoms with Crippen molar-refractivity contribution in [2.24, 2.45) is 0 Å². The van der Waals surface area contributed by atoms with E-state index in [1.807, 2.05) is 37.6 Å². The number of aromatic nitrogens is 2. The maximum atomic E-state index is 5.78. The highest BCUT2D eigenvalue weighted by atomic mass is 79.9. The van der Waals surface area contributed by atoms with Crippen molar-refractivity contribution >= 4 is 15.9 Å². The van der Waals surface area contributed by atoms with E-state index >= 15 is 0 Å². The molecular weight excluding hydrogens is 318 g/mol. The number of halogens is 1. The fourth-order valence-electron chi connectivity index (χ4n) is 1.91. The Morgan fingerprint density at radius 2 is 2.10 bits per heavy atom. The van der Waals surface area contributed by atoms with Crippen molar-refractivity contribution in [2.75, 3.05) is 13.7 Å². The largest absolute Gasteiger partial charge is 0.477 e. The molecule has 0 aliphatic carbocycles. The maximum absolute atomic E-state index is 5.78. The van der Waals surface area contributed by atoms with Gasteiger partial charge in [-0.25, -0.2) is 4.98 Å². The second-order valence-corrected chi connectivity index (χ2v) is 5.37. The lowest BCUT2D eigenvalue weighted by atomic mass is 10.1. The Labute approximate surface area is 127 Å². The monoisotopic (exact) mass is 335 g/mol. The van der Waals surface area contributed by atoms with E-state index < -0.39 is 0 Å². The van der Waals surface area contributed by atoms with Crippen molar-refractivity contribution in [1.29, 1.82) is 0 Å². The van der Waals surface area contributed by atoms with Crippen molar-refractivity contribution in [3.05, 3.63) is 52.4 Å². The molecule has 0 aromatic carbocycles. The molecule has 5 heteroatoms. The van der Waals surface area contributed by atoms with E-state index in [1.54, 1.807) is 6.20 Å². The van der Waals surface area contributed by atoms with Gasteiger partial charge in [-0.1, -0.05) is 0 Å². The fourth-order valence-corrected chi connectivity index (χ4v) is 2.29. The normalized spacial score (nSPS) is 10.5. The van der Waals surface area contributed by atoms with Gasteiger partial charge >= 0.3 is 0 Å². The van der Waals surface area contributed by atoms with Crippen molar-refractivity contribution in [2.45, 2.75) is 19.4 Å². The summed E-state index contributed by atoms with van der Waals surface area (Å²) in [6, 6.07) is 6.09. The number of ether oxygens (including phenoxy) is 1. The van der Waals surface area contributed by atoms with Crippen LogP contribution in [0.2, 0.25) is 0 Å². The Morgan fingerprint density at radius 3 is 2.85 bits per heavy atom. The molecule has 2 rings (SSSR count). The summed E-state index contributed by atoms with van der Waals surface area (Å²) < 4.78 is 6.74. The zero-order valence-electron chi connectivity index (χ0n) is 11.5. The highest BCUT2D eigenvalue weighted by molar-refractivity contribution is 9.10. The summed E-state index contributed by atoms with van der Waals surface area (Å²) in [5, 5.41) is 3.12. The minimum atomic E-state index is 0.660. The molecule has 0 radical (unpaired) electrons. The average Bonchev–Trinajstić information content (AvgIpc) is 2.47. The molecule has 0 saturated carbocycles. The van der Waals surface area contributed by atoms with Crippen molar-refractivity contribution < 1.29 is 4.74 Å². The van der Waals surface area contributed by atoms with Gasteiger partial charge < -0.3 is 10.1 Å². The molecule has 2 heterocycles. The van der Waals surface area contributed by atoms with Gasteiger partial charge in [-0.3, -0.25) is 4.98 Å². The van der Waals surface area contributed by atoms with Gasteiger partial charge in [-0.15, -0.1) is 0 Å². The SMILES string of the molecule is CNCc1cc(Br)cnc1OCCCc1ccncc1. The number of nitrogens with one attached hydrogen (secondary N) is 1. The van der Waals surface area contributed by atoms with E-state index in [2.05, 4.69) is 31.2 Å². The van der Waals surface area contributed by atoms with Crippen LogP contribution in [0.3, 0.4) is 0 Å². The molecular formula is C15H18BrN3O. The smallest absolute Gasteiger partial charge is 0.217 e. The lowest BCUT2D eigenvalue weighted by Crippen LogP contribution is -2.09. The number of aryl methyl sites for hydroxylation is 1. The molecule has 2 aromatic rings. The van der Waals surface area contributed by atoms with E-state index in [0.717, 1.165) is 29.4 Å². The second-order valence-electron chi connectivity index (χ2n) is 4.46. The van der Waals surface area contributed by atoms with Crippen LogP contribution in [-0.2, 0) is 13.0 Å². The molecule has 1 N–H and O–H groups in total. The van der Waals surface area contributed by atoms with E-state index in [4.69, 9.17) is 4.74 Å². The Balaban J connectivity index is 1.84. The van der Waals surface area contributed by atoms with E-state index in [-0.39, 0.29) is 0 Å². The predicted molar refractivity (Wildman–Crippen MR) is 82.8 cm³/mol. The van der Waals surface area contributed by atoms with Crippen LogP contribution in [0.25, 0.3) is 0 Å². The van der Waals surface area contributed by atoms with Crippen LogP contribution in [-0.4, -0.2) is 23.6 Å². The lowest BCUT2D eigenvalue weighted by molar-refractivity contribution is 0.295. The maximum Gasteiger partial charge on any atom is 0.217 e. The molecule has 2 aromatic heterocycles. The fraction of sp³-hybridized carbons (Fsp3) is 0.333. The summed E-state index contributed by atoms with van der Waals surface area (Å²) in [5.41, 5.74) is 2.34. The van der Waals surface area contributed by atoms with Crippen molar-refractivity contribution in [3.8, 4) is 5.88 Å². The molecule has 0 amide bonds. The molecule has 106 valence electrons. The van der Waals surface area contributed by atoms with Gasteiger partial charge in [0, 0.05) is 35.2 Å². The molecule has 4 nitrogen and oxygen atoms in total. The first-order chi connectivity index (χ1) is 9.79. The van der Waals surface area contributed by atoms with E-state index in [0.29, 0.717) is 12.5 Å². The van der Waals surface area contributed by atoms with Gasteiger partial charge in [0.25, 0.3) is 0 Å². The second kappa shape index (κ2) is 7.97. The summed E-state index contributed by atoms with van der Waals surface area (Å²) in [4.78, 5) is 8.33. The van der Waals surface area contributed by atoms with Crippen molar-refractivity contribution in [1.82, 2.24) is 15.3 Å². The van der Waals surface area contributed by atoms with Gasteiger partial charge in [0.15, 0.2) is 0 Å². The minimum absolute atomic E-state index is 0.660. The van der Waals surface area contributed by atoms with Crippen LogP contribution in [0.4, 0.5) is 0 Å².